The molecule has 1 aromatic carbocycles. The average molecular weight is 403 g/mol. The summed E-state index contributed by atoms with van der Waals surface area (Å²) in [5.74, 6) is -0.814. The molecule has 0 saturated carbocycles. The third kappa shape index (κ3) is 3.75. The van der Waals surface area contributed by atoms with Gasteiger partial charge in [-0.15, -0.1) is 0 Å². The summed E-state index contributed by atoms with van der Waals surface area (Å²) in [5, 5.41) is 2.50. The van der Waals surface area contributed by atoms with Crippen LogP contribution in [0.3, 0.4) is 0 Å². The number of hydrogen-bond donors (Lipinski definition) is 1. The zero-order chi connectivity index (χ0) is 20.6. The number of benzene rings is 1. The molecule has 0 unspecified atom stereocenters. The predicted molar refractivity (Wildman–Crippen MR) is 94.0 cm³/mol. The Morgan fingerprint density at radius 1 is 1.03 bits per heavy atom. The average Bonchev–Trinajstić information content (AvgIpc) is 3.10. The van der Waals surface area contributed by atoms with Crippen molar-refractivity contribution in [3.63, 3.8) is 0 Å². The number of carbonyl (C=O) groups excluding carboxylic acids is 1. The molecule has 5 nitrogen and oxygen atoms in total. The van der Waals surface area contributed by atoms with E-state index in [0.29, 0.717) is 16.7 Å². The van der Waals surface area contributed by atoms with Gasteiger partial charge in [0.1, 0.15) is 6.04 Å². The molecule has 0 aliphatic carbocycles. The molecule has 1 fully saturated rings. The van der Waals surface area contributed by atoms with E-state index in [-0.39, 0.29) is 5.56 Å². The third-order valence-electron chi connectivity index (χ3n) is 4.57. The standard InChI is InChI=1S/C20H13F4N3O2/c21-18-15(8-13(10-26-18)12-2-1-7-25-9-12)16-17(29-19(28)27-16)11-3-5-14(6-4-11)20(22,23)24/h1-10,16-17H,(H,27,28)/t16-,17-/m1/s1. The molecular formula is C20H13F4N3O2. The lowest BCUT2D eigenvalue weighted by atomic mass is 9.95. The molecule has 2 aromatic heterocycles. The Kier molecular flexibility index (Phi) is 4.65. The van der Waals surface area contributed by atoms with Crippen LogP contribution in [0.1, 0.15) is 28.8 Å². The quantitative estimate of drug-likeness (QED) is 0.503. The van der Waals surface area contributed by atoms with E-state index in [1.807, 2.05) is 0 Å². The molecule has 1 aliphatic heterocycles. The molecule has 0 radical (unpaired) electrons. The zero-order valence-electron chi connectivity index (χ0n) is 14.7. The Morgan fingerprint density at radius 3 is 2.45 bits per heavy atom. The molecular weight excluding hydrogens is 390 g/mol. The minimum atomic E-state index is -4.49. The van der Waals surface area contributed by atoms with Gasteiger partial charge in [0, 0.05) is 35.3 Å². The number of cyclic esters (lactones) is 1. The Hall–Kier alpha value is -3.49. The number of amides is 1. The Balaban J connectivity index is 1.71. The Morgan fingerprint density at radius 2 is 1.79 bits per heavy atom. The molecule has 3 heterocycles. The highest BCUT2D eigenvalue weighted by molar-refractivity contribution is 5.71. The summed E-state index contributed by atoms with van der Waals surface area (Å²) in [7, 11) is 0. The van der Waals surface area contributed by atoms with Crippen molar-refractivity contribution >= 4 is 6.09 Å². The summed E-state index contributed by atoms with van der Waals surface area (Å²) in [6, 6.07) is 8.22. The van der Waals surface area contributed by atoms with Crippen LogP contribution in [0, 0.1) is 5.95 Å². The van der Waals surface area contributed by atoms with E-state index in [1.54, 1.807) is 24.5 Å². The van der Waals surface area contributed by atoms with E-state index in [9.17, 15) is 22.4 Å². The van der Waals surface area contributed by atoms with Gasteiger partial charge in [-0.2, -0.15) is 17.6 Å². The van der Waals surface area contributed by atoms with Gasteiger partial charge in [-0.1, -0.05) is 18.2 Å². The maximum Gasteiger partial charge on any atom is 0.416 e. The molecule has 0 spiro atoms. The fourth-order valence-electron chi connectivity index (χ4n) is 3.16. The van der Waals surface area contributed by atoms with Gasteiger partial charge >= 0.3 is 12.3 Å². The summed E-state index contributed by atoms with van der Waals surface area (Å²) >= 11 is 0. The number of halogens is 4. The first-order valence-electron chi connectivity index (χ1n) is 8.53. The lowest BCUT2D eigenvalue weighted by Gasteiger charge is -2.19. The molecule has 29 heavy (non-hydrogen) atoms. The van der Waals surface area contributed by atoms with Crippen molar-refractivity contribution in [1.29, 1.82) is 0 Å². The van der Waals surface area contributed by atoms with E-state index in [4.69, 9.17) is 4.74 Å². The number of rotatable bonds is 3. The van der Waals surface area contributed by atoms with E-state index >= 15 is 0 Å². The summed E-state index contributed by atoms with van der Waals surface area (Å²) in [6.45, 7) is 0. The Bertz CT molecular complexity index is 1040. The number of alkyl carbamates (subject to hydrolysis) is 1. The van der Waals surface area contributed by atoms with Crippen molar-refractivity contribution in [2.75, 3.05) is 0 Å². The molecule has 1 N–H and O–H groups in total. The highest BCUT2D eigenvalue weighted by Gasteiger charge is 2.39. The van der Waals surface area contributed by atoms with Crippen LogP contribution in [0.2, 0.25) is 0 Å². The van der Waals surface area contributed by atoms with Crippen LogP contribution < -0.4 is 5.32 Å². The van der Waals surface area contributed by atoms with Crippen LogP contribution >= 0.6 is 0 Å². The van der Waals surface area contributed by atoms with Crippen molar-refractivity contribution in [3.05, 3.63) is 83.7 Å². The summed E-state index contributed by atoms with van der Waals surface area (Å²) in [5.41, 5.74) is 0.788. The number of hydrogen-bond acceptors (Lipinski definition) is 4. The summed E-state index contributed by atoms with van der Waals surface area (Å²) < 4.78 is 58.1. The number of carbonyl (C=O) groups is 1. The van der Waals surface area contributed by atoms with Crippen molar-refractivity contribution in [2.24, 2.45) is 0 Å². The number of ether oxygens (including phenoxy) is 1. The van der Waals surface area contributed by atoms with Gasteiger partial charge in [0.05, 0.1) is 5.56 Å². The van der Waals surface area contributed by atoms with Crippen molar-refractivity contribution in [1.82, 2.24) is 15.3 Å². The van der Waals surface area contributed by atoms with Gasteiger partial charge in [0.2, 0.25) is 5.95 Å². The van der Waals surface area contributed by atoms with E-state index in [1.165, 1.54) is 24.4 Å². The zero-order valence-corrected chi connectivity index (χ0v) is 14.7. The SMILES string of the molecule is O=C1N[C@H](c2cc(-c3cccnc3)cnc2F)[C@@H](c2ccc(C(F)(F)F)cc2)O1. The minimum absolute atomic E-state index is 0.0575. The van der Waals surface area contributed by atoms with Gasteiger partial charge < -0.3 is 10.1 Å². The Labute approximate surface area is 162 Å². The van der Waals surface area contributed by atoms with Gasteiger partial charge in [-0.25, -0.2) is 9.78 Å². The van der Waals surface area contributed by atoms with Gasteiger partial charge in [-0.3, -0.25) is 4.98 Å². The summed E-state index contributed by atoms with van der Waals surface area (Å²) in [4.78, 5) is 19.6. The van der Waals surface area contributed by atoms with Gasteiger partial charge in [0.25, 0.3) is 0 Å². The smallest absolute Gasteiger partial charge is 0.416 e. The minimum Gasteiger partial charge on any atom is -0.439 e. The van der Waals surface area contributed by atoms with Crippen LogP contribution in [-0.4, -0.2) is 16.1 Å². The first-order chi connectivity index (χ1) is 13.8. The molecule has 4 rings (SSSR count). The molecule has 3 aromatic rings. The van der Waals surface area contributed by atoms with Crippen molar-refractivity contribution in [3.8, 4) is 11.1 Å². The fraction of sp³-hybridized carbons (Fsp3) is 0.150. The number of pyridine rings is 2. The lowest BCUT2D eigenvalue weighted by molar-refractivity contribution is -0.137. The van der Waals surface area contributed by atoms with Gasteiger partial charge in [-0.05, 0) is 29.8 Å². The van der Waals surface area contributed by atoms with E-state index in [2.05, 4.69) is 15.3 Å². The van der Waals surface area contributed by atoms with Crippen LogP contribution in [0.5, 0.6) is 0 Å². The second-order valence-corrected chi connectivity index (χ2v) is 6.41. The maximum atomic E-state index is 14.5. The number of nitrogens with one attached hydrogen (secondary N) is 1. The first kappa shape index (κ1) is 18.9. The maximum absolute atomic E-state index is 14.5. The molecule has 9 heteroatoms. The van der Waals surface area contributed by atoms with E-state index < -0.39 is 35.9 Å². The molecule has 1 saturated heterocycles. The number of alkyl halides is 3. The van der Waals surface area contributed by atoms with Crippen LogP contribution in [0.15, 0.2) is 61.1 Å². The second kappa shape index (κ2) is 7.16. The predicted octanol–water partition coefficient (Wildman–Crippen LogP) is 4.82. The van der Waals surface area contributed by atoms with Crippen molar-refractivity contribution in [2.45, 2.75) is 18.3 Å². The van der Waals surface area contributed by atoms with Crippen LogP contribution in [-0.2, 0) is 10.9 Å². The third-order valence-corrected chi connectivity index (χ3v) is 4.57. The molecule has 1 amide bonds. The largest absolute Gasteiger partial charge is 0.439 e. The highest BCUT2D eigenvalue weighted by atomic mass is 19.4. The van der Waals surface area contributed by atoms with Crippen LogP contribution in [0.25, 0.3) is 11.1 Å². The monoisotopic (exact) mass is 403 g/mol. The first-order valence-corrected chi connectivity index (χ1v) is 8.53. The molecule has 1 aliphatic rings. The lowest BCUT2D eigenvalue weighted by Crippen LogP contribution is -2.21. The van der Waals surface area contributed by atoms with Crippen LogP contribution in [0.4, 0.5) is 22.4 Å². The van der Waals surface area contributed by atoms with Gasteiger partial charge in [0.15, 0.2) is 6.10 Å². The number of nitrogens with zero attached hydrogens (tertiary/aromatic N) is 2. The van der Waals surface area contributed by atoms with Crippen molar-refractivity contribution < 1.29 is 27.1 Å². The normalized spacial score (nSPS) is 19.0. The summed E-state index contributed by atoms with van der Waals surface area (Å²) in [6.07, 6.45) is -1.80. The highest BCUT2D eigenvalue weighted by Crippen LogP contribution is 2.39. The fourth-order valence-corrected chi connectivity index (χ4v) is 3.16. The van der Waals surface area contributed by atoms with E-state index in [0.717, 1.165) is 12.1 Å². The topological polar surface area (TPSA) is 64.1 Å². The molecule has 148 valence electrons. The second-order valence-electron chi connectivity index (χ2n) is 6.41. The molecule has 2 atom stereocenters. The number of aromatic nitrogens is 2. The molecule has 0 bridgehead atoms.